The van der Waals surface area contributed by atoms with Gasteiger partial charge in [-0.2, -0.15) is 0 Å². The fourth-order valence-corrected chi connectivity index (χ4v) is 3.58. The summed E-state index contributed by atoms with van der Waals surface area (Å²) in [4.78, 5) is 13.6. The van der Waals surface area contributed by atoms with E-state index >= 15 is 0 Å². The highest BCUT2D eigenvalue weighted by atomic mass is 15.0. The van der Waals surface area contributed by atoms with Crippen molar-refractivity contribution >= 4 is 0 Å². The number of nitrogens with zero attached hydrogens (tertiary/aromatic N) is 3. The van der Waals surface area contributed by atoms with Gasteiger partial charge in [-0.1, -0.05) is 104 Å². The van der Waals surface area contributed by atoms with Gasteiger partial charge >= 0.3 is 0 Å². The number of rotatable bonds is 18. The molecule has 0 fully saturated rings. The van der Waals surface area contributed by atoms with E-state index in [1.807, 2.05) is 0 Å². The Balaban J connectivity index is 2.14. The van der Waals surface area contributed by atoms with Gasteiger partial charge in [-0.05, 0) is 12.8 Å². The van der Waals surface area contributed by atoms with Crippen LogP contribution in [0, 0.1) is 6.92 Å². The van der Waals surface area contributed by atoms with Crippen LogP contribution in [0.2, 0.25) is 0 Å². The largest absolute Gasteiger partial charge is 0.218 e. The van der Waals surface area contributed by atoms with Crippen LogP contribution in [0.1, 0.15) is 134 Å². The molecule has 1 radical (unpaired) electrons. The Morgan fingerprint density at radius 2 is 0.815 bits per heavy atom. The molecular weight excluding hydrogens is 330 g/mol. The van der Waals surface area contributed by atoms with Crippen LogP contribution in [0.4, 0.5) is 0 Å². The molecule has 0 N–H and O–H groups in total. The summed E-state index contributed by atoms with van der Waals surface area (Å²) in [5, 5.41) is 0. The first kappa shape index (κ1) is 24.0. The zero-order chi connectivity index (χ0) is 19.6. The van der Waals surface area contributed by atoms with Crippen LogP contribution in [0.25, 0.3) is 0 Å². The summed E-state index contributed by atoms with van der Waals surface area (Å²) in [6.07, 6.45) is 23.4. The number of hydrogen-bond acceptors (Lipinski definition) is 3. The van der Waals surface area contributed by atoms with Crippen LogP contribution in [-0.2, 0) is 12.8 Å². The van der Waals surface area contributed by atoms with E-state index in [9.17, 15) is 0 Å². The summed E-state index contributed by atoms with van der Waals surface area (Å²) in [5.74, 6) is 2.56. The minimum absolute atomic E-state index is 0.647. The van der Waals surface area contributed by atoms with E-state index in [1.165, 1.54) is 103 Å². The molecule has 0 aliphatic rings. The summed E-state index contributed by atoms with van der Waals surface area (Å²) in [6.45, 7) is 8.50. The number of aryl methyl sites for hydroxylation is 2. The van der Waals surface area contributed by atoms with Crippen molar-refractivity contribution in [3.63, 3.8) is 0 Å². The van der Waals surface area contributed by atoms with E-state index in [-0.39, 0.29) is 0 Å². The maximum Gasteiger partial charge on any atom is 0.133 e. The third-order valence-electron chi connectivity index (χ3n) is 5.28. The van der Waals surface area contributed by atoms with Gasteiger partial charge in [-0.25, -0.2) is 15.0 Å². The predicted octanol–water partition coefficient (Wildman–Crippen LogP) is 7.42. The van der Waals surface area contributed by atoms with Crippen molar-refractivity contribution in [2.24, 2.45) is 0 Å². The molecule has 3 heteroatoms. The number of hydrogen-bond donors (Lipinski definition) is 0. The number of aromatic nitrogens is 3. The van der Waals surface area contributed by atoms with E-state index in [2.05, 4.69) is 35.7 Å². The summed E-state index contributed by atoms with van der Waals surface area (Å²) in [7, 11) is 0. The van der Waals surface area contributed by atoms with Crippen LogP contribution in [0.15, 0.2) is 0 Å². The number of unbranched alkanes of at least 4 members (excludes halogenated alkanes) is 14. The Morgan fingerprint density at radius 1 is 0.481 bits per heavy atom. The quantitative estimate of drug-likeness (QED) is 0.251. The Kier molecular flexibility index (Phi) is 15.3. The van der Waals surface area contributed by atoms with Crippen molar-refractivity contribution in [1.82, 2.24) is 15.0 Å². The third-order valence-corrected chi connectivity index (χ3v) is 5.28. The highest BCUT2D eigenvalue weighted by Crippen LogP contribution is 2.12. The summed E-state index contributed by atoms with van der Waals surface area (Å²) < 4.78 is 0. The SMILES string of the molecule is [CH2]c1nc(CCCCCCCCCC)nc(CCCCCCCCCC)n1. The molecule has 0 aromatic carbocycles. The zero-order valence-corrected chi connectivity index (χ0v) is 18.3. The monoisotopic (exact) mass is 374 g/mol. The first-order valence-corrected chi connectivity index (χ1v) is 11.8. The van der Waals surface area contributed by atoms with Gasteiger partial charge in [0, 0.05) is 19.8 Å². The van der Waals surface area contributed by atoms with E-state index in [4.69, 9.17) is 0 Å². The highest BCUT2D eigenvalue weighted by Gasteiger charge is 2.04. The van der Waals surface area contributed by atoms with Gasteiger partial charge in [-0.3, -0.25) is 0 Å². The molecule has 0 atom stereocenters. The second kappa shape index (κ2) is 17.1. The lowest BCUT2D eigenvalue weighted by molar-refractivity contribution is 0.564. The molecule has 0 aliphatic heterocycles. The Labute approximate surface area is 169 Å². The van der Waals surface area contributed by atoms with E-state index in [0.29, 0.717) is 5.82 Å². The normalized spacial score (nSPS) is 11.2. The topological polar surface area (TPSA) is 38.7 Å². The van der Waals surface area contributed by atoms with Gasteiger partial charge in [-0.15, -0.1) is 0 Å². The van der Waals surface area contributed by atoms with Gasteiger partial charge in [0.05, 0.1) is 0 Å². The van der Waals surface area contributed by atoms with Crippen LogP contribution < -0.4 is 0 Å². The first-order valence-electron chi connectivity index (χ1n) is 11.8. The zero-order valence-electron chi connectivity index (χ0n) is 18.3. The maximum absolute atomic E-state index is 4.69. The standard InChI is InChI=1S/C24H44N3/c1-4-6-8-10-12-14-16-18-20-23-25-22(3)26-24(27-23)21-19-17-15-13-11-9-7-5-2/h3-21H2,1-2H3. The van der Waals surface area contributed by atoms with Crippen molar-refractivity contribution < 1.29 is 0 Å². The average molecular weight is 375 g/mol. The van der Waals surface area contributed by atoms with E-state index in [1.54, 1.807) is 0 Å². The van der Waals surface area contributed by atoms with Crippen molar-refractivity contribution in [2.45, 2.75) is 129 Å². The Hall–Kier alpha value is -0.990. The molecule has 3 nitrogen and oxygen atoms in total. The molecular formula is C24H44N3. The molecule has 0 bridgehead atoms. The molecule has 0 saturated carbocycles. The lowest BCUT2D eigenvalue weighted by Gasteiger charge is -2.06. The molecule has 0 spiro atoms. The van der Waals surface area contributed by atoms with Crippen LogP contribution in [0.3, 0.4) is 0 Å². The smallest absolute Gasteiger partial charge is 0.133 e. The van der Waals surface area contributed by atoms with Crippen molar-refractivity contribution in [3.8, 4) is 0 Å². The van der Waals surface area contributed by atoms with Crippen LogP contribution in [0.5, 0.6) is 0 Å². The molecule has 1 aromatic rings. The Bertz CT molecular complexity index is 421. The second-order valence-electron chi connectivity index (χ2n) is 8.03. The third kappa shape index (κ3) is 13.8. The fraction of sp³-hybridized carbons (Fsp3) is 0.833. The molecule has 0 saturated heterocycles. The highest BCUT2D eigenvalue weighted by molar-refractivity contribution is 5.00. The van der Waals surface area contributed by atoms with Gasteiger partial charge in [0.2, 0.25) is 0 Å². The van der Waals surface area contributed by atoms with Crippen molar-refractivity contribution in [3.05, 3.63) is 24.4 Å². The lowest BCUT2D eigenvalue weighted by atomic mass is 10.1. The molecule has 155 valence electrons. The summed E-state index contributed by atoms with van der Waals surface area (Å²) in [6, 6.07) is 0. The minimum Gasteiger partial charge on any atom is -0.218 e. The second-order valence-corrected chi connectivity index (χ2v) is 8.03. The molecule has 0 aliphatic carbocycles. The first-order chi connectivity index (χ1) is 13.3. The van der Waals surface area contributed by atoms with Gasteiger partial charge in [0.25, 0.3) is 0 Å². The lowest BCUT2D eigenvalue weighted by Crippen LogP contribution is -2.06. The van der Waals surface area contributed by atoms with E-state index < -0.39 is 0 Å². The minimum atomic E-state index is 0.647. The molecule has 0 unspecified atom stereocenters. The molecule has 1 aromatic heterocycles. The predicted molar refractivity (Wildman–Crippen MR) is 117 cm³/mol. The molecule has 27 heavy (non-hydrogen) atoms. The van der Waals surface area contributed by atoms with Crippen molar-refractivity contribution in [1.29, 1.82) is 0 Å². The van der Waals surface area contributed by atoms with Crippen LogP contribution >= 0.6 is 0 Å². The van der Waals surface area contributed by atoms with E-state index in [0.717, 1.165) is 24.5 Å². The Morgan fingerprint density at radius 3 is 1.19 bits per heavy atom. The molecule has 1 rings (SSSR count). The molecule has 1 heterocycles. The van der Waals surface area contributed by atoms with Crippen LogP contribution in [-0.4, -0.2) is 15.0 Å². The van der Waals surface area contributed by atoms with Gasteiger partial charge in [0.1, 0.15) is 17.5 Å². The fourth-order valence-electron chi connectivity index (χ4n) is 3.58. The summed E-state index contributed by atoms with van der Waals surface area (Å²) in [5.41, 5.74) is 0. The van der Waals surface area contributed by atoms with Gasteiger partial charge in [0.15, 0.2) is 0 Å². The molecule has 0 amide bonds. The average Bonchev–Trinajstić information content (AvgIpc) is 2.65. The van der Waals surface area contributed by atoms with Crippen molar-refractivity contribution in [2.75, 3.05) is 0 Å². The summed E-state index contributed by atoms with van der Waals surface area (Å²) >= 11 is 0. The van der Waals surface area contributed by atoms with Gasteiger partial charge < -0.3 is 0 Å². The maximum atomic E-state index is 4.69.